The molecule has 0 N–H and O–H groups in total. The summed E-state index contributed by atoms with van der Waals surface area (Å²) in [5.74, 6) is 0. The summed E-state index contributed by atoms with van der Waals surface area (Å²) in [5.41, 5.74) is 0. The topological polar surface area (TPSA) is 24.7 Å². The molecule has 0 radical (unpaired) electrons. The second-order valence-corrected chi connectivity index (χ2v) is 1.15. The zero-order chi connectivity index (χ0) is 6.24. The molecule has 0 spiro atoms. The van der Waals surface area contributed by atoms with Crippen molar-refractivity contribution in [3.05, 3.63) is 12.7 Å². The Labute approximate surface area is 49.7 Å². The van der Waals surface area contributed by atoms with E-state index in [1.807, 2.05) is 6.92 Å². The number of rotatable bonds is 3. The van der Waals surface area contributed by atoms with Gasteiger partial charge in [0.15, 0.2) is 0 Å². The maximum Gasteiger partial charge on any atom is 0.109 e. The van der Waals surface area contributed by atoms with Crippen LogP contribution in [-0.4, -0.2) is 19.1 Å². The minimum Gasteiger partial charge on any atom is -0.274 e. The predicted octanol–water partition coefficient (Wildman–Crippen LogP) is 1.29. The van der Waals surface area contributed by atoms with Crippen molar-refractivity contribution in [1.82, 2.24) is 0 Å². The highest BCUT2D eigenvalue weighted by Crippen LogP contribution is 1.63. The fourth-order valence-corrected chi connectivity index (χ4v) is 0.228. The molecule has 0 saturated heterocycles. The Morgan fingerprint density at radius 1 is 1.62 bits per heavy atom. The summed E-state index contributed by atoms with van der Waals surface area (Å²) in [7, 11) is 0. The predicted molar refractivity (Wildman–Crippen MR) is 37.7 cm³/mol. The van der Waals surface area contributed by atoms with Gasteiger partial charge in [0.25, 0.3) is 0 Å². The van der Waals surface area contributed by atoms with Crippen LogP contribution in [0.15, 0.2) is 22.6 Å². The number of allylic oxidation sites excluding steroid dienone is 1. The fraction of sp³-hybridized carbons (Fsp3) is 0.333. The second-order valence-electron chi connectivity index (χ2n) is 1.15. The molecule has 0 rings (SSSR count). The van der Waals surface area contributed by atoms with E-state index < -0.39 is 0 Å². The molecule has 0 aromatic rings. The largest absolute Gasteiger partial charge is 0.274 e. The minimum absolute atomic E-state index is 0.786. The molecule has 0 bridgehead atoms. The molecule has 0 aliphatic rings. The van der Waals surface area contributed by atoms with E-state index in [1.165, 1.54) is 6.34 Å². The van der Waals surface area contributed by atoms with Gasteiger partial charge in [0.1, 0.15) is 6.34 Å². The van der Waals surface area contributed by atoms with Crippen molar-refractivity contribution in [3.63, 3.8) is 0 Å². The summed E-state index contributed by atoms with van der Waals surface area (Å²) >= 11 is 0. The van der Waals surface area contributed by atoms with Crippen molar-refractivity contribution in [2.45, 2.75) is 6.92 Å². The fourth-order valence-electron chi connectivity index (χ4n) is 0.228. The van der Waals surface area contributed by atoms with Crippen LogP contribution in [0.25, 0.3) is 0 Å². The van der Waals surface area contributed by atoms with Crippen molar-refractivity contribution in [3.8, 4) is 0 Å². The smallest absolute Gasteiger partial charge is 0.109 e. The van der Waals surface area contributed by atoms with Gasteiger partial charge in [-0.2, -0.15) is 0 Å². The van der Waals surface area contributed by atoms with Crippen LogP contribution in [0.3, 0.4) is 0 Å². The van der Waals surface area contributed by atoms with Crippen LogP contribution < -0.4 is 0 Å². The van der Waals surface area contributed by atoms with Gasteiger partial charge >= 0.3 is 0 Å². The minimum atomic E-state index is 0.786. The number of hydrogen-bond donors (Lipinski definition) is 0. The number of hydrogen-bond acceptors (Lipinski definition) is 1. The van der Waals surface area contributed by atoms with E-state index in [0.29, 0.717) is 0 Å². The first-order valence-corrected chi connectivity index (χ1v) is 2.54. The molecule has 0 fully saturated rings. The van der Waals surface area contributed by atoms with Crippen LogP contribution in [0.5, 0.6) is 0 Å². The summed E-state index contributed by atoms with van der Waals surface area (Å²) in [4.78, 5) is 7.58. The lowest BCUT2D eigenvalue weighted by atomic mass is 10.7. The molecule has 0 heterocycles. The first-order valence-electron chi connectivity index (χ1n) is 2.54. The third-order valence-corrected chi connectivity index (χ3v) is 0.522. The highest BCUT2D eigenvalue weighted by atomic mass is 14.8. The zero-order valence-corrected chi connectivity index (χ0v) is 5.04. The summed E-state index contributed by atoms with van der Waals surface area (Å²) < 4.78 is 0. The standard InChI is InChI=1S/C6H10N2/c1-3-5-8-6-7-4-2/h3,5-6H,1,4H2,2H3. The summed E-state index contributed by atoms with van der Waals surface area (Å²) in [5, 5.41) is 0. The Bertz CT molecular complexity index is 103. The number of nitrogens with zero attached hydrogens (tertiary/aromatic N) is 2. The lowest BCUT2D eigenvalue weighted by Crippen LogP contribution is -1.69. The van der Waals surface area contributed by atoms with Crippen LogP contribution in [0, 0.1) is 0 Å². The molecular formula is C6H10N2. The van der Waals surface area contributed by atoms with E-state index in [2.05, 4.69) is 16.6 Å². The van der Waals surface area contributed by atoms with Crippen molar-refractivity contribution < 1.29 is 0 Å². The molecule has 0 aromatic carbocycles. The molecule has 0 unspecified atom stereocenters. The highest BCUT2D eigenvalue weighted by Gasteiger charge is 1.59. The molecule has 0 atom stereocenters. The number of aliphatic imine (C=N–C) groups is 2. The normalized spacial score (nSPS) is 11.1. The van der Waals surface area contributed by atoms with E-state index in [9.17, 15) is 0 Å². The van der Waals surface area contributed by atoms with Crippen molar-refractivity contribution in [1.29, 1.82) is 0 Å². The second kappa shape index (κ2) is 6.08. The van der Waals surface area contributed by atoms with Gasteiger partial charge in [-0.3, -0.25) is 4.99 Å². The molecule has 2 heteroatoms. The van der Waals surface area contributed by atoms with Gasteiger partial charge in [0, 0.05) is 12.8 Å². The molecule has 0 amide bonds. The van der Waals surface area contributed by atoms with E-state index in [4.69, 9.17) is 0 Å². The van der Waals surface area contributed by atoms with Crippen LogP contribution >= 0.6 is 0 Å². The quantitative estimate of drug-likeness (QED) is 0.386. The van der Waals surface area contributed by atoms with Crippen molar-refractivity contribution >= 4 is 12.6 Å². The molecule has 0 aliphatic carbocycles. The Morgan fingerprint density at radius 3 is 2.88 bits per heavy atom. The summed E-state index contributed by atoms with van der Waals surface area (Å²) in [6.45, 7) is 6.19. The molecule has 2 nitrogen and oxygen atoms in total. The third kappa shape index (κ3) is 5.08. The van der Waals surface area contributed by atoms with E-state index in [-0.39, 0.29) is 0 Å². The molecule has 0 saturated carbocycles. The Hall–Kier alpha value is -0.920. The van der Waals surface area contributed by atoms with E-state index >= 15 is 0 Å². The lowest BCUT2D eigenvalue weighted by molar-refractivity contribution is 1.14. The maximum atomic E-state index is 3.84. The van der Waals surface area contributed by atoms with Crippen LogP contribution in [0.4, 0.5) is 0 Å². The van der Waals surface area contributed by atoms with Crippen LogP contribution in [0.1, 0.15) is 6.92 Å². The Morgan fingerprint density at radius 2 is 2.38 bits per heavy atom. The average Bonchev–Trinajstić information content (AvgIpc) is 1.81. The van der Waals surface area contributed by atoms with Gasteiger partial charge in [-0.15, -0.1) is 0 Å². The van der Waals surface area contributed by atoms with Crippen LogP contribution in [0.2, 0.25) is 0 Å². The molecule has 0 aromatic heterocycles. The molecule has 0 aliphatic heterocycles. The summed E-state index contributed by atoms with van der Waals surface area (Å²) in [6, 6.07) is 0. The van der Waals surface area contributed by atoms with Gasteiger partial charge in [-0.25, -0.2) is 4.99 Å². The zero-order valence-electron chi connectivity index (χ0n) is 5.04. The van der Waals surface area contributed by atoms with E-state index in [0.717, 1.165) is 6.54 Å². The van der Waals surface area contributed by atoms with Gasteiger partial charge in [0.05, 0.1) is 0 Å². The maximum absolute atomic E-state index is 3.84. The van der Waals surface area contributed by atoms with Gasteiger partial charge in [0.2, 0.25) is 0 Å². The average molecular weight is 110 g/mol. The van der Waals surface area contributed by atoms with Gasteiger partial charge in [-0.1, -0.05) is 12.7 Å². The Balaban J connectivity index is 3.26. The van der Waals surface area contributed by atoms with Crippen molar-refractivity contribution in [2.75, 3.05) is 6.54 Å². The third-order valence-electron chi connectivity index (χ3n) is 0.522. The first-order chi connectivity index (χ1) is 3.91. The highest BCUT2D eigenvalue weighted by molar-refractivity contribution is 5.79. The van der Waals surface area contributed by atoms with Gasteiger partial charge in [-0.05, 0) is 6.92 Å². The van der Waals surface area contributed by atoms with Crippen LogP contribution in [-0.2, 0) is 0 Å². The first kappa shape index (κ1) is 7.08. The monoisotopic (exact) mass is 110 g/mol. The van der Waals surface area contributed by atoms with E-state index in [1.54, 1.807) is 12.3 Å². The summed E-state index contributed by atoms with van der Waals surface area (Å²) in [6.07, 6.45) is 4.72. The Kier molecular flexibility index (Phi) is 5.38. The molecule has 44 valence electrons. The van der Waals surface area contributed by atoms with Crippen molar-refractivity contribution in [2.24, 2.45) is 9.98 Å². The van der Waals surface area contributed by atoms with Gasteiger partial charge < -0.3 is 0 Å². The SMILES string of the molecule is C=CC=NC=NCC. The molecular weight excluding hydrogens is 100 g/mol. The lowest BCUT2D eigenvalue weighted by Gasteiger charge is -1.73. The molecule has 8 heavy (non-hydrogen) atoms.